The maximum atomic E-state index is 10.9. The highest BCUT2D eigenvalue weighted by atomic mass is 79.9. The zero-order valence-corrected chi connectivity index (χ0v) is 7.86. The zero-order chi connectivity index (χ0) is 7.56. The summed E-state index contributed by atoms with van der Waals surface area (Å²) in [6.45, 7) is 2.17. The highest BCUT2D eigenvalue weighted by Gasteiger charge is 2.25. The number of hydrogen-bond donors (Lipinski definition) is 0. The zero-order valence-electron chi connectivity index (χ0n) is 6.27. The van der Waals surface area contributed by atoms with E-state index in [1.54, 1.807) is 0 Å². The van der Waals surface area contributed by atoms with E-state index < -0.39 is 0 Å². The minimum atomic E-state index is 0.208. The maximum absolute atomic E-state index is 10.9. The molecular formula is C8H13BrO. The third-order valence-corrected chi connectivity index (χ3v) is 2.99. The smallest absolute Gasteiger partial charge is 0.201 e. The second-order valence-electron chi connectivity index (χ2n) is 3.17. The minimum Gasteiger partial charge on any atom is -0.286 e. The van der Waals surface area contributed by atoms with Crippen LogP contribution < -0.4 is 0 Å². The molecule has 0 heterocycles. The van der Waals surface area contributed by atoms with Crippen LogP contribution in [0.25, 0.3) is 0 Å². The van der Waals surface area contributed by atoms with E-state index in [1.807, 2.05) is 0 Å². The largest absolute Gasteiger partial charge is 0.286 e. The van der Waals surface area contributed by atoms with Gasteiger partial charge in [-0.1, -0.05) is 19.8 Å². The fourth-order valence-electron chi connectivity index (χ4n) is 1.65. The lowest BCUT2D eigenvalue weighted by molar-refractivity contribution is -0.115. The Morgan fingerprint density at radius 2 is 2.00 bits per heavy atom. The van der Waals surface area contributed by atoms with E-state index >= 15 is 0 Å². The normalized spacial score (nSPS) is 33.8. The lowest BCUT2D eigenvalue weighted by Crippen LogP contribution is -2.21. The third-order valence-electron chi connectivity index (χ3n) is 2.40. The maximum Gasteiger partial charge on any atom is 0.201 e. The van der Waals surface area contributed by atoms with E-state index in [1.165, 1.54) is 19.3 Å². The molecule has 1 rings (SSSR count). The highest BCUT2D eigenvalue weighted by Crippen LogP contribution is 2.31. The SMILES string of the molecule is CC1CCCCC1C(=O)Br. The van der Waals surface area contributed by atoms with Crippen LogP contribution in [0.1, 0.15) is 32.6 Å². The molecular weight excluding hydrogens is 192 g/mol. The highest BCUT2D eigenvalue weighted by molar-refractivity contribution is 9.18. The van der Waals surface area contributed by atoms with Crippen molar-refractivity contribution in [2.24, 2.45) is 11.8 Å². The summed E-state index contributed by atoms with van der Waals surface area (Å²) in [5.41, 5.74) is 0. The fraction of sp³-hybridized carbons (Fsp3) is 0.875. The number of rotatable bonds is 1. The van der Waals surface area contributed by atoms with E-state index in [0.717, 1.165) is 6.42 Å². The third kappa shape index (κ3) is 1.82. The molecule has 0 amide bonds. The van der Waals surface area contributed by atoms with Gasteiger partial charge in [0.2, 0.25) is 4.69 Å². The van der Waals surface area contributed by atoms with Crippen LogP contribution in [-0.2, 0) is 4.79 Å². The van der Waals surface area contributed by atoms with Crippen molar-refractivity contribution < 1.29 is 4.79 Å². The molecule has 2 atom stereocenters. The van der Waals surface area contributed by atoms with Gasteiger partial charge in [0, 0.05) is 5.92 Å². The number of carbonyl (C=O) groups is 1. The monoisotopic (exact) mass is 204 g/mol. The summed E-state index contributed by atoms with van der Waals surface area (Å²) in [6.07, 6.45) is 4.84. The number of carbonyl (C=O) groups excluding carboxylic acids is 1. The number of hydrogen-bond acceptors (Lipinski definition) is 1. The Labute approximate surface area is 70.3 Å². The first-order valence-electron chi connectivity index (χ1n) is 3.91. The molecule has 1 aliphatic carbocycles. The topological polar surface area (TPSA) is 17.1 Å². The van der Waals surface area contributed by atoms with Crippen molar-refractivity contribution >= 4 is 20.6 Å². The fourth-order valence-corrected chi connectivity index (χ4v) is 2.33. The van der Waals surface area contributed by atoms with Crippen LogP contribution >= 0.6 is 15.9 Å². The molecule has 1 fully saturated rings. The molecule has 0 aliphatic heterocycles. The summed E-state index contributed by atoms with van der Waals surface area (Å²) in [4.78, 5) is 10.9. The molecule has 0 aromatic heterocycles. The second-order valence-corrected chi connectivity index (χ2v) is 3.95. The number of halogens is 1. The van der Waals surface area contributed by atoms with Gasteiger partial charge in [-0.05, 0) is 34.7 Å². The average molecular weight is 205 g/mol. The molecule has 0 N–H and O–H groups in total. The van der Waals surface area contributed by atoms with Crippen molar-refractivity contribution in [3.8, 4) is 0 Å². The van der Waals surface area contributed by atoms with Gasteiger partial charge in [0.15, 0.2) is 0 Å². The van der Waals surface area contributed by atoms with Gasteiger partial charge in [-0.15, -0.1) is 0 Å². The predicted octanol–water partition coefficient (Wildman–Crippen LogP) is 2.73. The van der Waals surface area contributed by atoms with Crippen molar-refractivity contribution in [2.45, 2.75) is 32.6 Å². The van der Waals surface area contributed by atoms with Crippen LogP contribution in [0.3, 0.4) is 0 Å². The van der Waals surface area contributed by atoms with Crippen LogP contribution in [-0.4, -0.2) is 4.69 Å². The van der Waals surface area contributed by atoms with Gasteiger partial charge in [-0.25, -0.2) is 0 Å². The summed E-state index contributed by atoms with van der Waals surface area (Å²) in [5, 5.41) is 0. The van der Waals surface area contributed by atoms with Crippen molar-refractivity contribution in [2.75, 3.05) is 0 Å². The predicted molar refractivity (Wildman–Crippen MR) is 45.1 cm³/mol. The van der Waals surface area contributed by atoms with Gasteiger partial charge in [-0.2, -0.15) is 0 Å². The van der Waals surface area contributed by atoms with E-state index in [0.29, 0.717) is 11.8 Å². The molecule has 0 aromatic carbocycles. The molecule has 0 bridgehead atoms. The summed E-state index contributed by atoms with van der Waals surface area (Å²) < 4.78 is 0.208. The molecule has 10 heavy (non-hydrogen) atoms. The molecule has 1 saturated carbocycles. The quantitative estimate of drug-likeness (QED) is 0.601. The summed E-state index contributed by atoms with van der Waals surface area (Å²) in [7, 11) is 0. The Kier molecular flexibility index (Phi) is 2.90. The Morgan fingerprint density at radius 1 is 1.40 bits per heavy atom. The van der Waals surface area contributed by atoms with Crippen LogP contribution in [0.15, 0.2) is 0 Å². The molecule has 2 heteroatoms. The summed E-state index contributed by atoms with van der Waals surface area (Å²) in [6, 6.07) is 0. The van der Waals surface area contributed by atoms with E-state index in [4.69, 9.17) is 0 Å². The van der Waals surface area contributed by atoms with Crippen molar-refractivity contribution in [1.29, 1.82) is 0 Å². The van der Waals surface area contributed by atoms with Crippen LogP contribution in [0.2, 0.25) is 0 Å². The van der Waals surface area contributed by atoms with E-state index in [9.17, 15) is 4.79 Å². The molecule has 0 saturated heterocycles. The lowest BCUT2D eigenvalue weighted by atomic mass is 9.81. The van der Waals surface area contributed by atoms with Crippen molar-refractivity contribution in [3.05, 3.63) is 0 Å². The summed E-state index contributed by atoms with van der Waals surface area (Å²) >= 11 is 3.04. The van der Waals surface area contributed by atoms with Gasteiger partial charge in [0.05, 0.1) is 0 Å². The Balaban J connectivity index is 2.47. The Morgan fingerprint density at radius 3 is 2.40 bits per heavy atom. The average Bonchev–Trinajstić information content (AvgIpc) is 1.88. The van der Waals surface area contributed by atoms with Crippen molar-refractivity contribution in [3.63, 3.8) is 0 Å². The summed E-state index contributed by atoms with van der Waals surface area (Å²) in [5.74, 6) is 0.898. The van der Waals surface area contributed by atoms with Gasteiger partial charge in [-0.3, -0.25) is 4.79 Å². The lowest BCUT2D eigenvalue weighted by Gasteiger charge is -2.25. The molecule has 0 aromatic rings. The van der Waals surface area contributed by atoms with Gasteiger partial charge >= 0.3 is 0 Å². The molecule has 1 nitrogen and oxygen atoms in total. The first-order valence-corrected chi connectivity index (χ1v) is 4.70. The molecule has 1 aliphatic rings. The van der Waals surface area contributed by atoms with E-state index in [2.05, 4.69) is 22.9 Å². The van der Waals surface area contributed by atoms with Gasteiger partial charge in [0.25, 0.3) is 0 Å². The van der Waals surface area contributed by atoms with Crippen molar-refractivity contribution in [1.82, 2.24) is 0 Å². The van der Waals surface area contributed by atoms with Crippen LogP contribution in [0.5, 0.6) is 0 Å². The first kappa shape index (κ1) is 8.25. The molecule has 2 unspecified atom stereocenters. The second kappa shape index (κ2) is 3.51. The Bertz CT molecular complexity index is 133. The molecule has 58 valence electrons. The molecule has 0 spiro atoms. The first-order chi connectivity index (χ1) is 4.72. The van der Waals surface area contributed by atoms with Gasteiger partial charge < -0.3 is 0 Å². The Hall–Kier alpha value is 0.150. The van der Waals surface area contributed by atoms with Crippen LogP contribution in [0, 0.1) is 11.8 Å². The minimum absolute atomic E-state index is 0.208. The standard InChI is InChI=1S/C8H13BrO/c1-6-4-2-3-5-7(6)8(9)10/h6-7H,2-5H2,1H3. The molecule has 0 radical (unpaired) electrons. The van der Waals surface area contributed by atoms with Gasteiger partial charge in [0.1, 0.15) is 0 Å². The van der Waals surface area contributed by atoms with Crippen LogP contribution in [0.4, 0.5) is 0 Å². The van der Waals surface area contributed by atoms with E-state index in [-0.39, 0.29) is 4.69 Å².